The molecule has 1 atom stereocenters. The van der Waals surface area contributed by atoms with Crippen LogP contribution in [-0.4, -0.2) is 76.6 Å². The summed E-state index contributed by atoms with van der Waals surface area (Å²) in [6, 6.07) is 0.485. The van der Waals surface area contributed by atoms with Gasteiger partial charge in [0.15, 0.2) is 0 Å². The van der Waals surface area contributed by atoms with E-state index in [2.05, 4.69) is 15.5 Å². The molecule has 2 heterocycles. The van der Waals surface area contributed by atoms with Crippen LogP contribution in [0.3, 0.4) is 0 Å². The van der Waals surface area contributed by atoms with Crippen LogP contribution in [0, 0.1) is 0 Å². The molecular formula is C11H23N3O2. The van der Waals surface area contributed by atoms with E-state index in [4.69, 9.17) is 9.47 Å². The molecule has 2 aliphatic heterocycles. The molecular weight excluding hydrogens is 206 g/mol. The molecule has 2 fully saturated rings. The van der Waals surface area contributed by atoms with Gasteiger partial charge in [-0.2, -0.15) is 0 Å². The summed E-state index contributed by atoms with van der Waals surface area (Å²) in [6.45, 7) is 9.78. The van der Waals surface area contributed by atoms with Crippen LogP contribution in [0.5, 0.6) is 0 Å². The molecule has 0 aromatic rings. The van der Waals surface area contributed by atoms with Crippen LogP contribution < -0.4 is 10.6 Å². The largest absolute Gasteiger partial charge is 0.379 e. The smallest absolute Gasteiger partial charge is 0.0632 e. The van der Waals surface area contributed by atoms with E-state index < -0.39 is 0 Å². The van der Waals surface area contributed by atoms with E-state index in [1.807, 2.05) is 0 Å². The normalized spacial score (nSPS) is 28.1. The summed E-state index contributed by atoms with van der Waals surface area (Å²) in [6.07, 6.45) is 0. The maximum atomic E-state index is 5.40. The van der Waals surface area contributed by atoms with E-state index in [1.54, 1.807) is 0 Å². The van der Waals surface area contributed by atoms with Crippen LogP contribution in [0.25, 0.3) is 0 Å². The number of hydrogen-bond donors (Lipinski definition) is 2. The van der Waals surface area contributed by atoms with Crippen LogP contribution in [0.1, 0.15) is 0 Å². The summed E-state index contributed by atoms with van der Waals surface area (Å²) in [5.41, 5.74) is 0. The van der Waals surface area contributed by atoms with Crippen molar-refractivity contribution in [2.75, 3.05) is 65.7 Å². The molecule has 16 heavy (non-hydrogen) atoms. The summed E-state index contributed by atoms with van der Waals surface area (Å²) in [4.78, 5) is 2.45. The highest BCUT2D eigenvalue weighted by atomic mass is 16.5. The van der Waals surface area contributed by atoms with Gasteiger partial charge in [-0.1, -0.05) is 0 Å². The molecule has 5 nitrogen and oxygen atoms in total. The number of rotatable bonds is 5. The van der Waals surface area contributed by atoms with Crippen molar-refractivity contribution in [3.8, 4) is 0 Å². The van der Waals surface area contributed by atoms with Crippen LogP contribution in [-0.2, 0) is 9.47 Å². The average molecular weight is 229 g/mol. The first-order valence-corrected chi connectivity index (χ1v) is 6.27. The van der Waals surface area contributed by atoms with Gasteiger partial charge in [-0.15, -0.1) is 0 Å². The predicted octanol–water partition coefficient (Wildman–Crippen LogP) is -1.10. The van der Waals surface area contributed by atoms with Crippen LogP contribution >= 0.6 is 0 Å². The van der Waals surface area contributed by atoms with Gasteiger partial charge < -0.3 is 20.1 Å². The van der Waals surface area contributed by atoms with E-state index in [9.17, 15) is 0 Å². The number of ether oxygens (including phenoxy) is 2. The Bertz CT molecular complexity index is 160. The van der Waals surface area contributed by atoms with Crippen molar-refractivity contribution >= 4 is 0 Å². The third-order valence-corrected chi connectivity index (χ3v) is 3.10. The highest BCUT2D eigenvalue weighted by Gasteiger charge is 2.13. The van der Waals surface area contributed by atoms with Crippen molar-refractivity contribution in [1.82, 2.24) is 15.5 Å². The number of morpholine rings is 2. The lowest BCUT2D eigenvalue weighted by Gasteiger charge is -2.27. The molecule has 2 saturated heterocycles. The molecule has 94 valence electrons. The third kappa shape index (κ3) is 4.35. The van der Waals surface area contributed by atoms with Gasteiger partial charge in [0.25, 0.3) is 0 Å². The minimum atomic E-state index is 0.485. The standard InChI is InChI=1S/C11H23N3O2/c1(3-14-4-7-15-8-5-14)12-9-11-10-16-6-2-13-11/h11-13H,1-10H2. The number of nitrogens with one attached hydrogen (secondary N) is 2. The lowest BCUT2D eigenvalue weighted by atomic mass is 10.3. The molecule has 0 amide bonds. The molecule has 0 spiro atoms. The zero-order valence-corrected chi connectivity index (χ0v) is 9.91. The molecule has 0 bridgehead atoms. The Labute approximate surface area is 97.5 Å². The Balaban J connectivity index is 1.47. The lowest BCUT2D eigenvalue weighted by molar-refractivity contribution is 0.0379. The molecule has 0 radical (unpaired) electrons. The summed E-state index contributed by atoms with van der Waals surface area (Å²) in [5.74, 6) is 0. The van der Waals surface area contributed by atoms with Crippen molar-refractivity contribution in [2.24, 2.45) is 0 Å². The zero-order chi connectivity index (χ0) is 11.1. The Kier molecular flexibility index (Phi) is 5.51. The average Bonchev–Trinajstić information content (AvgIpc) is 2.37. The predicted molar refractivity (Wildman–Crippen MR) is 62.7 cm³/mol. The Morgan fingerprint density at radius 2 is 2.06 bits per heavy atom. The zero-order valence-electron chi connectivity index (χ0n) is 9.91. The maximum Gasteiger partial charge on any atom is 0.0632 e. The second-order valence-electron chi connectivity index (χ2n) is 4.38. The quantitative estimate of drug-likeness (QED) is 0.586. The number of hydrogen-bond acceptors (Lipinski definition) is 5. The van der Waals surface area contributed by atoms with Crippen molar-refractivity contribution in [3.05, 3.63) is 0 Å². The van der Waals surface area contributed by atoms with Gasteiger partial charge in [-0.3, -0.25) is 4.90 Å². The SMILES string of the molecule is C(CN1CCOCC1)NCC1COCCN1. The fraction of sp³-hybridized carbons (Fsp3) is 1.00. The molecule has 5 heteroatoms. The second-order valence-corrected chi connectivity index (χ2v) is 4.38. The topological polar surface area (TPSA) is 45.8 Å². The van der Waals surface area contributed by atoms with Crippen molar-refractivity contribution < 1.29 is 9.47 Å². The highest BCUT2D eigenvalue weighted by molar-refractivity contribution is 4.73. The first kappa shape index (κ1) is 12.3. The van der Waals surface area contributed by atoms with E-state index in [0.29, 0.717) is 6.04 Å². The molecule has 2 aliphatic rings. The van der Waals surface area contributed by atoms with Crippen LogP contribution in [0.15, 0.2) is 0 Å². The van der Waals surface area contributed by atoms with Crippen molar-refractivity contribution in [3.63, 3.8) is 0 Å². The summed E-state index contributed by atoms with van der Waals surface area (Å²) >= 11 is 0. The van der Waals surface area contributed by atoms with E-state index >= 15 is 0 Å². The Morgan fingerprint density at radius 3 is 2.81 bits per heavy atom. The first-order chi connectivity index (χ1) is 7.95. The fourth-order valence-electron chi connectivity index (χ4n) is 2.09. The third-order valence-electron chi connectivity index (χ3n) is 3.10. The molecule has 2 rings (SSSR count). The van der Waals surface area contributed by atoms with Gasteiger partial charge in [0, 0.05) is 45.3 Å². The van der Waals surface area contributed by atoms with E-state index in [0.717, 1.165) is 65.7 Å². The lowest BCUT2D eigenvalue weighted by Crippen LogP contribution is -2.48. The Hall–Kier alpha value is -0.200. The van der Waals surface area contributed by atoms with E-state index in [1.165, 1.54) is 0 Å². The van der Waals surface area contributed by atoms with Crippen LogP contribution in [0.2, 0.25) is 0 Å². The molecule has 0 aromatic heterocycles. The highest BCUT2D eigenvalue weighted by Crippen LogP contribution is 1.95. The van der Waals surface area contributed by atoms with Gasteiger partial charge in [0.1, 0.15) is 0 Å². The monoisotopic (exact) mass is 229 g/mol. The molecule has 0 saturated carbocycles. The minimum absolute atomic E-state index is 0.485. The van der Waals surface area contributed by atoms with Gasteiger partial charge in [0.05, 0.1) is 26.4 Å². The fourth-order valence-corrected chi connectivity index (χ4v) is 2.09. The van der Waals surface area contributed by atoms with Crippen molar-refractivity contribution in [1.29, 1.82) is 0 Å². The van der Waals surface area contributed by atoms with Crippen molar-refractivity contribution in [2.45, 2.75) is 6.04 Å². The maximum absolute atomic E-state index is 5.40. The molecule has 0 aliphatic carbocycles. The first-order valence-electron chi connectivity index (χ1n) is 6.27. The molecule has 2 N–H and O–H groups in total. The van der Waals surface area contributed by atoms with Gasteiger partial charge in [-0.05, 0) is 0 Å². The second kappa shape index (κ2) is 7.19. The van der Waals surface area contributed by atoms with Gasteiger partial charge in [-0.25, -0.2) is 0 Å². The summed E-state index contributed by atoms with van der Waals surface area (Å²) < 4.78 is 10.7. The van der Waals surface area contributed by atoms with E-state index in [-0.39, 0.29) is 0 Å². The number of nitrogens with zero attached hydrogens (tertiary/aromatic N) is 1. The summed E-state index contributed by atoms with van der Waals surface area (Å²) in [5, 5.41) is 6.91. The van der Waals surface area contributed by atoms with Gasteiger partial charge >= 0.3 is 0 Å². The summed E-state index contributed by atoms with van der Waals surface area (Å²) in [7, 11) is 0. The molecule has 0 aromatic carbocycles. The Morgan fingerprint density at radius 1 is 1.19 bits per heavy atom. The minimum Gasteiger partial charge on any atom is -0.379 e. The van der Waals surface area contributed by atoms with Gasteiger partial charge in [0.2, 0.25) is 0 Å². The molecule has 1 unspecified atom stereocenters. The van der Waals surface area contributed by atoms with Crippen LogP contribution in [0.4, 0.5) is 0 Å².